The SMILES string of the molecule is C=NC(=NCc1ccc2c(c1)oc1c(-n3c4ccccc4c4ccc(C(C)(C)c5ccccc5C)cc43)cccc12)c1ccccc1. The Morgan fingerprint density at radius 1 is 0.702 bits per heavy atom. The average molecular weight is 610 g/mol. The predicted molar refractivity (Wildman–Crippen MR) is 198 cm³/mol. The average Bonchev–Trinajstić information content (AvgIpc) is 3.64. The van der Waals surface area contributed by atoms with Gasteiger partial charge >= 0.3 is 0 Å². The summed E-state index contributed by atoms with van der Waals surface area (Å²) in [5.74, 6) is 0.633. The van der Waals surface area contributed by atoms with Gasteiger partial charge in [0.25, 0.3) is 0 Å². The van der Waals surface area contributed by atoms with Crippen LogP contribution < -0.4 is 0 Å². The van der Waals surface area contributed by atoms with Gasteiger partial charge in [-0.1, -0.05) is 123 Å². The van der Waals surface area contributed by atoms with Crippen LogP contribution in [0.1, 0.15) is 41.7 Å². The minimum absolute atomic E-state index is 0.174. The van der Waals surface area contributed by atoms with Crippen LogP contribution >= 0.6 is 0 Å². The summed E-state index contributed by atoms with van der Waals surface area (Å²) in [6.45, 7) is 11.1. The molecule has 8 aromatic rings. The van der Waals surface area contributed by atoms with E-state index in [1.807, 2.05) is 30.3 Å². The van der Waals surface area contributed by atoms with Crippen LogP contribution in [-0.4, -0.2) is 17.1 Å². The molecule has 0 saturated heterocycles. The summed E-state index contributed by atoms with van der Waals surface area (Å²) < 4.78 is 9.12. The molecule has 0 aliphatic heterocycles. The van der Waals surface area contributed by atoms with E-state index in [4.69, 9.17) is 9.41 Å². The number of amidine groups is 1. The minimum atomic E-state index is -0.174. The quantitative estimate of drug-likeness (QED) is 0.137. The zero-order valence-corrected chi connectivity index (χ0v) is 26.9. The highest BCUT2D eigenvalue weighted by molar-refractivity contribution is 6.13. The maximum atomic E-state index is 6.74. The largest absolute Gasteiger partial charge is 0.454 e. The molecule has 0 aliphatic carbocycles. The third-order valence-electron chi connectivity index (χ3n) is 9.59. The molecule has 4 nitrogen and oxygen atoms in total. The van der Waals surface area contributed by atoms with Crippen LogP contribution in [0, 0.1) is 6.92 Å². The Kier molecular flexibility index (Phi) is 6.87. The zero-order chi connectivity index (χ0) is 32.1. The van der Waals surface area contributed by atoms with E-state index < -0.39 is 0 Å². The number of aryl methyl sites for hydroxylation is 1. The molecule has 0 saturated carbocycles. The lowest BCUT2D eigenvalue weighted by atomic mass is 9.76. The van der Waals surface area contributed by atoms with Gasteiger partial charge in [-0.25, -0.2) is 4.99 Å². The molecule has 228 valence electrons. The number of fused-ring (bicyclic) bond motifs is 6. The van der Waals surface area contributed by atoms with Crippen molar-refractivity contribution in [3.8, 4) is 5.69 Å². The second kappa shape index (κ2) is 11.3. The summed E-state index contributed by atoms with van der Waals surface area (Å²) in [5.41, 5.74) is 10.8. The summed E-state index contributed by atoms with van der Waals surface area (Å²) in [5, 5.41) is 4.62. The van der Waals surface area contributed by atoms with Crippen LogP contribution in [0.2, 0.25) is 0 Å². The number of aromatic nitrogens is 1. The molecule has 0 unspecified atom stereocenters. The van der Waals surface area contributed by atoms with Crippen molar-refractivity contribution in [1.82, 2.24) is 4.57 Å². The first-order valence-electron chi connectivity index (χ1n) is 16.0. The van der Waals surface area contributed by atoms with Gasteiger partial charge in [-0.2, -0.15) is 0 Å². The lowest BCUT2D eigenvalue weighted by Crippen LogP contribution is -2.20. The van der Waals surface area contributed by atoms with E-state index in [1.54, 1.807) is 0 Å². The maximum Gasteiger partial charge on any atom is 0.159 e. The molecule has 47 heavy (non-hydrogen) atoms. The number of aliphatic imine (C=N–C) groups is 2. The number of rotatable bonds is 6. The molecule has 0 fully saturated rings. The summed E-state index contributed by atoms with van der Waals surface area (Å²) >= 11 is 0. The summed E-state index contributed by atoms with van der Waals surface area (Å²) in [6, 6.07) is 47.1. The molecule has 0 amide bonds. The van der Waals surface area contributed by atoms with E-state index in [-0.39, 0.29) is 5.41 Å². The molecule has 2 aromatic heterocycles. The first-order valence-corrected chi connectivity index (χ1v) is 16.0. The molecule has 0 aliphatic rings. The fourth-order valence-electron chi connectivity index (χ4n) is 7.14. The molecule has 2 heterocycles. The first kappa shape index (κ1) is 28.7. The van der Waals surface area contributed by atoms with Gasteiger partial charge in [-0.15, -0.1) is 0 Å². The van der Waals surface area contributed by atoms with Gasteiger partial charge in [-0.05, 0) is 60.2 Å². The molecular weight excluding hydrogens is 574 g/mol. The molecule has 0 N–H and O–H groups in total. The number of furan rings is 1. The Morgan fingerprint density at radius 3 is 2.26 bits per heavy atom. The van der Waals surface area contributed by atoms with Crippen LogP contribution in [0.4, 0.5) is 0 Å². The third kappa shape index (κ3) is 4.76. The fraction of sp³-hybridized carbons (Fsp3) is 0.116. The van der Waals surface area contributed by atoms with Crippen molar-refractivity contribution in [2.75, 3.05) is 0 Å². The molecule has 0 bridgehead atoms. The number of benzene rings is 6. The van der Waals surface area contributed by atoms with E-state index in [2.05, 4.69) is 140 Å². The molecule has 0 spiro atoms. The van der Waals surface area contributed by atoms with Crippen molar-refractivity contribution in [3.05, 3.63) is 161 Å². The van der Waals surface area contributed by atoms with E-state index in [0.717, 1.165) is 44.3 Å². The van der Waals surface area contributed by atoms with Crippen LogP contribution in [0.15, 0.2) is 148 Å². The van der Waals surface area contributed by atoms with E-state index in [0.29, 0.717) is 12.4 Å². The molecule has 0 radical (unpaired) electrons. The topological polar surface area (TPSA) is 42.8 Å². The molecular formula is C43H35N3O. The van der Waals surface area contributed by atoms with Gasteiger partial charge in [0, 0.05) is 32.5 Å². The Labute approximate surface area is 274 Å². The Bertz CT molecular complexity index is 2490. The summed E-state index contributed by atoms with van der Waals surface area (Å²) in [6.07, 6.45) is 0. The maximum absolute atomic E-state index is 6.74. The standard InChI is InChI=1S/C43H35N3O/c1-28-13-8-10-18-36(28)43(2,3)31-22-24-33-32-16-9-11-19-37(32)46(39(33)26-31)38-20-12-17-35-34-23-21-29(25-40(34)47-41(35)38)27-45-42(44-4)30-14-6-5-7-15-30/h5-26H,4,27H2,1-3H3. The Balaban J connectivity index is 1.28. The van der Waals surface area contributed by atoms with Gasteiger partial charge in [0.1, 0.15) is 5.58 Å². The highest BCUT2D eigenvalue weighted by atomic mass is 16.3. The van der Waals surface area contributed by atoms with Crippen molar-refractivity contribution < 1.29 is 4.42 Å². The molecule has 6 aromatic carbocycles. The van der Waals surface area contributed by atoms with Crippen LogP contribution in [0.25, 0.3) is 49.4 Å². The third-order valence-corrected chi connectivity index (χ3v) is 9.59. The highest BCUT2D eigenvalue weighted by Crippen LogP contribution is 2.41. The second-order valence-corrected chi connectivity index (χ2v) is 12.8. The van der Waals surface area contributed by atoms with Gasteiger partial charge in [-0.3, -0.25) is 4.99 Å². The lowest BCUT2D eigenvalue weighted by molar-refractivity contribution is 0.636. The second-order valence-electron chi connectivity index (χ2n) is 12.8. The minimum Gasteiger partial charge on any atom is -0.454 e. The van der Waals surface area contributed by atoms with Gasteiger partial charge in [0.05, 0.1) is 23.3 Å². The molecule has 0 atom stereocenters. The normalized spacial score (nSPS) is 12.4. The van der Waals surface area contributed by atoms with Gasteiger partial charge in [0.2, 0.25) is 0 Å². The lowest BCUT2D eigenvalue weighted by Gasteiger charge is -2.28. The van der Waals surface area contributed by atoms with E-state index >= 15 is 0 Å². The van der Waals surface area contributed by atoms with Gasteiger partial charge < -0.3 is 8.98 Å². The first-order chi connectivity index (χ1) is 22.9. The Hall–Kier alpha value is -5.74. The number of hydrogen-bond acceptors (Lipinski definition) is 2. The van der Waals surface area contributed by atoms with Crippen LogP contribution in [0.3, 0.4) is 0 Å². The van der Waals surface area contributed by atoms with Crippen LogP contribution in [-0.2, 0) is 12.0 Å². The molecule has 4 heteroatoms. The monoisotopic (exact) mass is 609 g/mol. The summed E-state index contributed by atoms with van der Waals surface area (Å²) in [7, 11) is 0. The van der Waals surface area contributed by atoms with Crippen molar-refractivity contribution in [2.45, 2.75) is 32.7 Å². The fourth-order valence-corrected chi connectivity index (χ4v) is 7.14. The van der Waals surface area contributed by atoms with Crippen LogP contribution in [0.5, 0.6) is 0 Å². The van der Waals surface area contributed by atoms with Crippen molar-refractivity contribution in [1.29, 1.82) is 0 Å². The number of nitrogens with zero attached hydrogens (tertiary/aromatic N) is 3. The van der Waals surface area contributed by atoms with E-state index in [9.17, 15) is 0 Å². The number of hydrogen-bond donors (Lipinski definition) is 0. The highest BCUT2D eigenvalue weighted by Gasteiger charge is 2.26. The Morgan fingerprint density at radius 2 is 1.43 bits per heavy atom. The van der Waals surface area contributed by atoms with Crippen molar-refractivity contribution in [2.24, 2.45) is 9.98 Å². The zero-order valence-electron chi connectivity index (χ0n) is 26.9. The summed E-state index contributed by atoms with van der Waals surface area (Å²) in [4.78, 5) is 8.94. The smallest absolute Gasteiger partial charge is 0.159 e. The van der Waals surface area contributed by atoms with Crippen molar-refractivity contribution >= 4 is 56.3 Å². The molecule has 8 rings (SSSR count). The predicted octanol–water partition coefficient (Wildman–Crippen LogP) is 11.0. The van der Waals surface area contributed by atoms with Crippen molar-refractivity contribution in [3.63, 3.8) is 0 Å². The van der Waals surface area contributed by atoms with E-state index in [1.165, 1.54) is 33.0 Å². The number of para-hydroxylation sites is 2. The van der Waals surface area contributed by atoms with Gasteiger partial charge in [0.15, 0.2) is 11.4 Å².